The van der Waals surface area contributed by atoms with Crippen LogP contribution in [0.25, 0.3) is 5.69 Å². The maximum atomic E-state index is 12.5. The molecule has 3 aromatic rings. The summed E-state index contributed by atoms with van der Waals surface area (Å²) < 4.78 is 6.60. The van der Waals surface area contributed by atoms with Crippen molar-refractivity contribution in [1.29, 1.82) is 0 Å². The number of aromatic nitrogens is 3. The first-order valence-electron chi connectivity index (χ1n) is 10.1. The molecule has 1 N–H and O–H groups in total. The van der Waals surface area contributed by atoms with Crippen molar-refractivity contribution in [3.8, 4) is 5.69 Å². The van der Waals surface area contributed by atoms with E-state index in [0.29, 0.717) is 21.4 Å². The summed E-state index contributed by atoms with van der Waals surface area (Å²) in [5.41, 5.74) is 1.79. The number of nitrogens with zero attached hydrogens (tertiary/aromatic N) is 4. The lowest BCUT2D eigenvalue weighted by Gasteiger charge is -2.19. The largest absolute Gasteiger partial charge is 0.465 e. The first-order chi connectivity index (χ1) is 15.6. The van der Waals surface area contributed by atoms with Crippen molar-refractivity contribution in [2.75, 3.05) is 36.2 Å². The molecular weight excluding hydrogens is 450 g/mol. The maximum Gasteiger partial charge on any atom is 0.337 e. The highest BCUT2D eigenvalue weighted by Crippen LogP contribution is 2.31. The van der Waals surface area contributed by atoms with Crippen molar-refractivity contribution in [3.63, 3.8) is 0 Å². The van der Waals surface area contributed by atoms with Crippen molar-refractivity contribution in [1.82, 2.24) is 14.8 Å². The highest BCUT2D eigenvalue weighted by atomic mass is 35.5. The Kier molecular flexibility index (Phi) is 6.96. The van der Waals surface area contributed by atoms with Crippen LogP contribution in [0.2, 0.25) is 5.02 Å². The van der Waals surface area contributed by atoms with E-state index in [9.17, 15) is 9.59 Å². The molecule has 1 aromatic heterocycles. The number of carbonyl (C=O) groups excluding carboxylic acids is 2. The van der Waals surface area contributed by atoms with Crippen LogP contribution in [-0.4, -0.2) is 52.6 Å². The third-order valence-electron chi connectivity index (χ3n) is 5.02. The van der Waals surface area contributed by atoms with Crippen molar-refractivity contribution < 1.29 is 14.3 Å². The summed E-state index contributed by atoms with van der Waals surface area (Å²) in [6.07, 6.45) is 2.21. The number of para-hydroxylation sites is 1. The Morgan fingerprint density at radius 2 is 1.81 bits per heavy atom. The van der Waals surface area contributed by atoms with E-state index in [2.05, 4.69) is 25.2 Å². The maximum absolute atomic E-state index is 12.5. The van der Waals surface area contributed by atoms with Crippen LogP contribution in [0.15, 0.2) is 53.7 Å². The van der Waals surface area contributed by atoms with E-state index in [1.165, 1.54) is 18.9 Å². The number of nitrogens with one attached hydrogen (secondary N) is 1. The van der Waals surface area contributed by atoms with Crippen LogP contribution in [0.1, 0.15) is 23.2 Å². The molecule has 0 saturated carbocycles. The van der Waals surface area contributed by atoms with Crippen LogP contribution in [0.3, 0.4) is 0 Å². The summed E-state index contributed by atoms with van der Waals surface area (Å²) in [6, 6.07) is 14.0. The number of rotatable bonds is 7. The smallest absolute Gasteiger partial charge is 0.337 e. The molecule has 10 heteroatoms. The summed E-state index contributed by atoms with van der Waals surface area (Å²) in [7, 11) is 1.33. The Balaban J connectivity index is 1.49. The predicted octanol–water partition coefficient (Wildman–Crippen LogP) is 4.04. The second-order valence-electron chi connectivity index (χ2n) is 7.17. The van der Waals surface area contributed by atoms with E-state index in [0.717, 1.165) is 37.6 Å². The van der Waals surface area contributed by atoms with Gasteiger partial charge in [-0.05, 0) is 49.2 Å². The Labute approximate surface area is 194 Å². The SMILES string of the molecule is COC(=O)c1ccc(NC(=O)CSc2nnc(N3CCCC3)n2-c2ccccc2Cl)cc1. The topological polar surface area (TPSA) is 89.3 Å². The molecule has 2 heterocycles. The Morgan fingerprint density at radius 1 is 1.09 bits per heavy atom. The number of carbonyl (C=O) groups is 2. The number of halogens is 1. The second-order valence-corrected chi connectivity index (χ2v) is 8.52. The van der Waals surface area contributed by atoms with Gasteiger partial charge in [-0.1, -0.05) is 35.5 Å². The van der Waals surface area contributed by atoms with Gasteiger partial charge in [0.25, 0.3) is 0 Å². The van der Waals surface area contributed by atoms with Gasteiger partial charge in [-0.25, -0.2) is 4.79 Å². The molecule has 0 unspecified atom stereocenters. The third kappa shape index (κ3) is 4.89. The zero-order chi connectivity index (χ0) is 22.5. The van der Waals surface area contributed by atoms with Crippen LogP contribution < -0.4 is 10.2 Å². The predicted molar refractivity (Wildman–Crippen MR) is 125 cm³/mol. The fourth-order valence-electron chi connectivity index (χ4n) is 3.46. The molecule has 0 atom stereocenters. The van der Waals surface area contributed by atoms with Crippen LogP contribution in [0, 0.1) is 0 Å². The Bertz CT molecular complexity index is 1110. The minimum Gasteiger partial charge on any atom is -0.465 e. The molecule has 1 fully saturated rings. The number of thioether (sulfide) groups is 1. The van der Waals surface area contributed by atoms with E-state index >= 15 is 0 Å². The lowest BCUT2D eigenvalue weighted by molar-refractivity contribution is -0.113. The van der Waals surface area contributed by atoms with Gasteiger partial charge in [0.1, 0.15) is 0 Å². The third-order valence-corrected chi connectivity index (χ3v) is 6.27. The van der Waals surface area contributed by atoms with Crippen molar-refractivity contribution in [2.24, 2.45) is 0 Å². The number of amides is 1. The fourth-order valence-corrected chi connectivity index (χ4v) is 4.42. The fraction of sp³-hybridized carbons (Fsp3) is 0.273. The minimum absolute atomic E-state index is 0.140. The molecule has 1 amide bonds. The Morgan fingerprint density at radius 3 is 2.50 bits per heavy atom. The lowest BCUT2D eigenvalue weighted by Crippen LogP contribution is -2.22. The lowest BCUT2D eigenvalue weighted by atomic mass is 10.2. The summed E-state index contributed by atoms with van der Waals surface area (Å²) in [4.78, 5) is 26.2. The number of anilines is 2. The van der Waals surface area contributed by atoms with Gasteiger partial charge in [0.2, 0.25) is 11.9 Å². The normalized spacial score (nSPS) is 13.2. The van der Waals surface area contributed by atoms with Gasteiger partial charge < -0.3 is 15.0 Å². The quantitative estimate of drug-likeness (QED) is 0.411. The van der Waals surface area contributed by atoms with E-state index in [-0.39, 0.29) is 11.7 Å². The van der Waals surface area contributed by atoms with Gasteiger partial charge >= 0.3 is 5.97 Å². The van der Waals surface area contributed by atoms with E-state index < -0.39 is 5.97 Å². The molecule has 4 rings (SSSR count). The van der Waals surface area contributed by atoms with Crippen LogP contribution in [-0.2, 0) is 9.53 Å². The van der Waals surface area contributed by atoms with Gasteiger partial charge in [0.05, 0.1) is 29.1 Å². The molecule has 8 nitrogen and oxygen atoms in total. The van der Waals surface area contributed by atoms with Crippen LogP contribution in [0.5, 0.6) is 0 Å². The molecular formula is C22H22ClN5O3S. The van der Waals surface area contributed by atoms with Crippen molar-refractivity contribution >= 4 is 46.9 Å². The highest BCUT2D eigenvalue weighted by molar-refractivity contribution is 7.99. The molecule has 0 radical (unpaired) electrons. The van der Waals surface area contributed by atoms with Gasteiger partial charge in [-0.15, -0.1) is 10.2 Å². The Hall–Kier alpha value is -3.04. The standard InChI is InChI=1S/C22H22ClN5O3S/c1-31-20(30)15-8-10-16(11-9-15)24-19(29)14-32-22-26-25-21(27-12-4-5-13-27)28(22)18-7-3-2-6-17(18)23/h2-3,6-11H,4-5,12-14H2,1H3,(H,24,29). The zero-order valence-electron chi connectivity index (χ0n) is 17.5. The molecule has 1 saturated heterocycles. The van der Waals surface area contributed by atoms with Crippen LogP contribution >= 0.6 is 23.4 Å². The van der Waals surface area contributed by atoms with Gasteiger partial charge in [0, 0.05) is 18.8 Å². The van der Waals surface area contributed by atoms with Gasteiger partial charge in [-0.3, -0.25) is 9.36 Å². The highest BCUT2D eigenvalue weighted by Gasteiger charge is 2.24. The summed E-state index contributed by atoms with van der Waals surface area (Å²) in [5, 5.41) is 12.7. The molecule has 0 bridgehead atoms. The molecule has 0 aliphatic carbocycles. The van der Waals surface area contributed by atoms with Crippen LogP contribution in [0.4, 0.5) is 11.6 Å². The van der Waals surface area contributed by atoms with Crippen molar-refractivity contribution in [2.45, 2.75) is 18.0 Å². The molecule has 1 aliphatic heterocycles. The summed E-state index contributed by atoms with van der Waals surface area (Å²) in [6.45, 7) is 1.82. The van der Waals surface area contributed by atoms with Gasteiger partial charge in [0.15, 0.2) is 5.16 Å². The number of methoxy groups -OCH3 is 1. The first-order valence-corrected chi connectivity index (χ1v) is 11.5. The van der Waals surface area contributed by atoms with E-state index in [4.69, 9.17) is 11.6 Å². The number of ether oxygens (including phenoxy) is 1. The molecule has 2 aromatic carbocycles. The number of hydrogen-bond acceptors (Lipinski definition) is 7. The monoisotopic (exact) mass is 471 g/mol. The average molecular weight is 472 g/mol. The average Bonchev–Trinajstić information content (AvgIpc) is 3.48. The molecule has 0 spiro atoms. The van der Waals surface area contributed by atoms with E-state index in [1.54, 1.807) is 24.3 Å². The minimum atomic E-state index is -0.425. The molecule has 166 valence electrons. The second kappa shape index (κ2) is 10.1. The zero-order valence-corrected chi connectivity index (χ0v) is 19.0. The molecule has 32 heavy (non-hydrogen) atoms. The number of benzene rings is 2. The first kappa shape index (κ1) is 22.2. The molecule has 1 aliphatic rings. The summed E-state index contributed by atoms with van der Waals surface area (Å²) >= 11 is 7.75. The number of hydrogen-bond donors (Lipinski definition) is 1. The van der Waals surface area contributed by atoms with Crippen molar-refractivity contribution in [3.05, 3.63) is 59.1 Å². The van der Waals surface area contributed by atoms with E-state index in [1.807, 2.05) is 28.8 Å². The number of esters is 1. The summed E-state index contributed by atoms with van der Waals surface area (Å²) in [5.74, 6) is 0.252. The van der Waals surface area contributed by atoms with Gasteiger partial charge in [-0.2, -0.15) is 0 Å².